The van der Waals surface area contributed by atoms with Gasteiger partial charge in [-0.1, -0.05) is 36.4 Å². The van der Waals surface area contributed by atoms with Gasteiger partial charge in [0, 0.05) is 18.4 Å². The second kappa shape index (κ2) is 7.59. The maximum atomic E-state index is 12.6. The van der Waals surface area contributed by atoms with Crippen LogP contribution < -0.4 is 10.0 Å². The third kappa shape index (κ3) is 4.04. The summed E-state index contributed by atoms with van der Waals surface area (Å²) in [6, 6.07) is 21.3. The van der Waals surface area contributed by atoms with E-state index in [0.29, 0.717) is 11.3 Å². The number of anilines is 2. The van der Waals surface area contributed by atoms with Gasteiger partial charge in [0.2, 0.25) is 0 Å². The summed E-state index contributed by atoms with van der Waals surface area (Å²) in [5, 5.41) is 12.2. The Labute approximate surface area is 153 Å². The highest BCUT2D eigenvalue weighted by atomic mass is 32.2. The van der Waals surface area contributed by atoms with Crippen molar-refractivity contribution in [1.82, 2.24) is 0 Å². The van der Waals surface area contributed by atoms with E-state index in [1.165, 1.54) is 0 Å². The monoisotopic (exact) mass is 368 g/mol. The lowest BCUT2D eigenvalue weighted by molar-refractivity contribution is 0.282. The van der Waals surface area contributed by atoms with Gasteiger partial charge < -0.3 is 10.4 Å². The molecule has 0 aliphatic heterocycles. The van der Waals surface area contributed by atoms with Crippen molar-refractivity contribution >= 4 is 21.4 Å². The molecule has 0 unspecified atom stereocenters. The lowest BCUT2D eigenvalue weighted by Gasteiger charge is -2.10. The fourth-order valence-electron chi connectivity index (χ4n) is 2.60. The van der Waals surface area contributed by atoms with Crippen molar-refractivity contribution in [2.24, 2.45) is 0 Å². The summed E-state index contributed by atoms with van der Waals surface area (Å²) in [7, 11) is -1.83. The molecule has 26 heavy (non-hydrogen) atoms. The molecular weight excluding hydrogens is 348 g/mol. The van der Waals surface area contributed by atoms with Crippen LogP contribution in [0.4, 0.5) is 11.4 Å². The minimum absolute atomic E-state index is 0.142. The van der Waals surface area contributed by atoms with Crippen molar-refractivity contribution in [2.45, 2.75) is 11.5 Å². The summed E-state index contributed by atoms with van der Waals surface area (Å²) in [5.41, 5.74) is 4.03. The Bertz CT molecular complexity index is 982. The van der Waals surface area contributed by atoms with Crippen molar-refractivity contribution in [3.63, 3.8) is 0 Å². The first-order valence-electron chi connectivity index (χ1n) is 8.13. The van der Waals surface area contributed by atoms with Crippen LogP contribution in [-0.2, 0) is 16.6 Å². The van der Waals surface area contributed by atoms with Crippen LogP contribution in [0.2, 0.25) is 0 Å². The molecule has 0 saturated heterocycles. The summed E-state index contributed by atoms with van der Waals surface area (Å²) in [6.45, 7) is -0.142. The Morgan fingerprint density at radius 2 is 1.46 bits per heavy atom. The topological polar surface area (TPSA) is 78.4 Å². The molecule has 0 aromatic heterocycles. The van der Waals surface area contributed by atoms with Crippen LogP contribution in [0.15, 0.2) is 77.7 Å². The predicted molar refractivity (Wildman–Crippen MR) is 105 cm³/mol. The average Bonchev–Trinajstić information content (AvgIpc) is 2.68. The maximum absolute atomic E-state index is 12.6. The molecule has 0 bridgehead atoms. The number of sulfonamides is 1. The molecule has 0 fully saturated rings. The average molecular weight is 368 g/mol. The SMILES string of the molecule is CNc1ccc(-c2ccc(S(=O)(=O)Nc3cccc(CO)c3)cc2)cc1. The van der Waals surface area contributed by atoms with Crippen LogP contribution in [0, 0.1) is 0 Å². The summed E-state index contributed by atoms with van der Waals surface area (Å²) >= 11 is 0. The molecule has 3 N–H and O–H groups in total. The molecule has 0 atom stereocenters. The zero-order valence-corrected chi connectivity index (χ0v) is 15.1. The van der Waals surface area contributed by atoms with E-state index < -0.39 is 10.0 Å². The quantitative estimate of drug-likeness (QED) is 0.620. The molecule has 3 aromatic carbocycles. The molecule has 0 spiro atoms. The van der Waals surface area contributed by atoms with Crippen molar-refractivity contribution in [3.05, 3.63) is 78.4 Å². The minimum atomic E-state index is -3.69. The van der Waals surface area contributed by atoms with Gasteiger partial charge >= 0.3 is 0 Å². The minimum Gasteiger partial charge on any atom is -0.392 e. The van der Waals surface area contributed by atoms with E-state index in [-0.39, 0.29) is 11.5 Å². The largest absolute Gasteiger partial charge is 0.392 e. The normalized spacial score (nSPS) is 11.2. The number of hydrogen-bond donors (Lipinski definition) is 3. The summed E-state index contributed by atoms with van der Waals surface area (Å²) in [6.07, 6.45) is 0. The Morgan fingerprint density at radius 3 is 2.04 bits per heavy atom. The number of nitrogens with one attached hydrogen (secondary N) is 2. The number of rotatable bonds is 6. The highest BCUT2D eigenvalue weighted by Crippen LogP contribution is 2.24. The van der Waals surface area contributed by atoms with Gasteiger partial charge in [-0.05, 0) is 53.1 Å². The van der Waals surface area contributed by atoms with E-state index in [1.807, 2.05) is 31.3 Å². The molecule has 134 valence electrons. The zero-order valence-electron chi connectivity index (χ0n) is 14.3. The number of benzene rings is 3. The lowest BCUT2D eigenvalue weighted by atomic mass is 10.1. The first-order valence-corrected chi connectivity index (χ1v) is 9.61. The molecule has 5 nitrogen and oxygen atoms in total. The van der Waals surface area contributed by atoms with Crippen LogP contribution >= 0.6 is 0 Å². The van der Waals surface area contributed by atoms with Crippen LogP contribution in [0.25, 0.3) is 11.1 Å². The number of aliphatic hydroxyl groups is 1. The number of aliphatic hydroxyl groups excluding tert-OH is 1. The fourth-order valence-corrected chi connectivity index (χ4v) is 3.65. The zero-order chi connectivity index (χ0) is 18.6. The standard InChI is InChI=1S/C20H20N2O3S/c1-21-18-9-5-16(6-10-18)17-7-11-20(12-8-17)26(24,25)22-19-4-2-3-15(13-19)14-23/h2-13,21-23H,14H2,1H3. The van der Waals surface area contributed by atoms with Crippen LogP contribution in [-0.4, -0.2) is 20.6 Å². The van der Waals surface area contributed by atoms with Gasteiger partial charge in [0.25, 0.3) is 10.0 Å². The fraction of sp³-hybridized carbons (Fsp3) is 0.100. The van der Waals surface area contributed by atoms with E-state index in [2.05, 4.69) is 10.0 Å². The molecule has 6 heteroatoms. The first kappa shape index (κ1) is 18.0. The van der Waals surface area contributed by atoms with Crippen LogP contribution in [0.1, 0.15) is 5.56 Å². The van der Waals surface area contributed by atoms with Gasteiger partial charge in [-0.15, -0.1) is 0 Å². The van der Waals surface area contributed by atoms with Gasteiger partial charge in [-0.3, -0.25) is 4.72 Å². The first-order chi connectivity index (χ1) is 12.5. The second-order valence-corrected chi connectivity index (χ2v) is 7.50. The van der Waals surface area contributed by atoms with E-state index in [1.54, 1.807) is 48.5 Å². The van der Waals surface area contributed by atoms with E-state index in [0.717, 1.165) is 16.8 Å². The molecule has 3 rings (SSSR count). The van der Waals surface area contributed by atoms with Gasteiger partial charge in [0.15, 0.2) is 0 Å². The highest BCUT2D eigenvalue weighted by Gasteiger charge is 2.14. The Kier molecular flexibility index (Phi) is 5.25. The van der Waals surface area contributed by atoms with Gasteiger partial charge in [-0.25, -0.2) is 8.42 Å². The van der Waals surface area contributed by atoms with Crippen molar-refractivity contribution in [3.8, 4) is 11.1 Å². The summed E-state index contributed by atoms with van der Waals surface area (Å²) in [5.74, 6) is 0. The smallest absolute Gasteiger partial charge is 0.261 e. The van der Waals surface area contributed by atoms with Gasteiger partial charge in [-0.2, -0.15) is 0 Å². The van der Waals surface area contributed by atoms with Crippen molar-refractivity contribution < 1.29 is 13.5 Å². The maximum Gasteiger partial charge on any atom is 0.261 e. The molecule has 3 aromatic rings. The van der Waals surface area contributed by atoms with Crippen LogP contribution in [0.3, 0.4) is 0 Å². The summed E-state index contributed by atoms with van der Waals surface area (Å²) < 4.78 is 27.6. The van der Waals surface area contributed by atoms with Crippen LogP contribution in [0.5, 0.6) is 0 Å². The molecule has 0 aliphatic rings. The van der Waals surface area contributed by atoms with Crippen molar-refractivity contribution in [2.75, 3.05) is 17.1 Å². The Balaban J connectivity index is 1.81. The molecule has 0 amide bonds. The van der Waals surface area contributed by atoms with E-state index in [4.69, 9.17) is 5.11 Å². The Hall–Kier alpha value is -2.83. The second-order valence-electron chi connectivity index (χ2n) is 5.82. The van der Waals surface area contributed by atoms with Crippen molar-refractivity contribution in [1.29, 1.82) is 0 Å². The third-order valence-corrected chi connectivity index (χ3v) is 5.43. The number of hydrogen-bond acceptors (Lipinski definition) is 4. The lowest BCUT2D eigenvalue weighted by Crippen LogP contribution is -2.13. The molecular formula is C20H20N2O3S. The van der Waals surface area contributed by atoms with E-state index in [9.17, 15) is 8.42 Å². The molecule has 0 aliphatic carbocycles. The molecule has 0 heterocycles. The highest BCUT2D eigenvalue weighted by molar-refractivity contribution is 7.92. The summed E-state index contributed by atoms with van der Waals surface area (Å²) in [4.78, 5) is 0.183. The predicted octanol–water partition coefficient (Wildman–Crippen LogP) is 3.69. The Morgan fingerprint density at radius 1 is 0.846 bits per heavy atom. The van der Waals surface area contributed by atoms with Gasteiger partial charge in [0.1, 0.15) is 0 Å². The molecule has 0 saturated carbocycles. The third-order valence-electron chi connectivity index (χ3n) is 4.03. The van der Waals surface area contributed by atoms with Gasteiger partial charge in [0.05, 0.1) is 11.5 Å². The molecule has 0 radical (unpaired) electrons. The van der Waals surface area contributed by atoms with E-state index >= 15 is 0 Å².